The number of nitrogens with zero attached hydrogens (tertiary/aromatic N) is 1. The average Bonchev–Trinajstić information content (AvgIpc) is 2.42. The third-order valence-electron chi connectivity index (χ3n) is 4.35. The normalized spacial score (nSPS) is 18.9. The van der Waals surface area contributed by atoms with Gasteiger partial charge in [-0.3, -0.25) is 0 Å². The van der Waals surface area contributed by atoms with Crippen molar-refractivity contribution in [1.29, 1.82) is 0 Å². The van der Waals surface area contributed by atoms with Crippen LogP contribution in [-0.2, 0) is 0 Å². The van der Waals surface area contributed by atoms with Crippen LogP contribution in [0.25, 0.3) is 0 Å². The highest BCUT2D eigenvalue weighted by molar-refractivity contribution is 5.48. The molecule has 1 atom stereocenters. The van der Waals surface area contributed by atoms with Gasteiger partial charge in [0.1, 0.15) is 0 Å². The maximum absolute atomic E-state index is 5.84. The molecular weight excluding hydrogens is 230 g/mol. The molecule has 1 aromatic carbocycles. The van der Waals surface area contributed by atoms with Crippen molar-refractivity contribution < 1.29 is 0 Å². The number of terminal acetylenes is 1. The first-order chi connectivity index (χ1) is 9.33. The van der Waals surface area contributed by atoms with Gasteiger partial charge in [0.05, 0.1) is 6.04 Å². The number of para-hydroxylation sites is 1. The first-order valence-electron chi connectivity index (χ1n) is 7.57. The van der Waals surface area contributed by atoms with E-state index in [1.165, 1.54) is 50.6 Å². The van der Waals surface area contributed by atoms with Crippen molar-refractivity contribution in [2.24, 2.45) is 5.92 Å². The van der Waals surface area contributed by atoms with Crippen LogP contribution < -0.4 is 4.90 Å². The van der Waals surface area contributed by atoms with Gasteiger partial charge in [-0.1, -0.05) is 56.2 Å². The fraction of sp³-hybridized carbons (Fsp3) is 0.556. The topological polar surface area (TPSA) is 3.24 Å². The highest BCUT2D eigenvalue weighted by Gasteiger charge is 2.24. The second-order valence-corrected chi connectivity index (χ2v) is 5.66. The van der Waals surface area contributed by atoms with Crippen LogP contribution in [0.4, 0.5) is 5.69 Å². The summed E-state index contributed by atoms with van der Waals surface area (Å²) in [5.41, 5.74) is 1.23. The number of hydrogen-bond donors (Lipinski definition) is 0. The quantitative estimate of drug-likeness (QED) is 0.720. The molecule has 0 unspecified atom stereocenters. The molecule has 0 amide bonds. The predicted molar refractivity (Wildman–Crippen MR) is 83.3 cm³/mol. The molecule has 0 spiro atoms. The van der Waals surface area contributed by atoms with Crippen molar-refractivity contribution in [2.45, 2.75) is 51.0 Å². The lowest BCUT2D eigenvalue weighted by Crippen LogP contribution is -2.37. The summed E-state index contributed by atoms with van der Waals surface area (Å²) in [5, 5.41) is 0. The van der Waals surface area contributed by atoms with Gasteiger partial charge in [0.25, 0.3) is 0 Å². The summed E-state index contributed by atoms with van der Waals surface area (Å²) in [5.74, 6) is 3.69. The minimum absolute atomic E-state index is 0.237. The Bertz CT molecular complexity index is 395. The molecule has 2 rings (SSSR count). The zero-order chi connectivity index (χ0) is 13.5. The minimum atomic E-state index is 0.237. The molecule has 102 valence electrons. The molecule has 0 heterocycles. The van der Waals surface area contributed by atoms with Gasteiger partial charge in [0, 0.05) is 12.7 Å². The molecule has 1 fully saturated rings. The number of benzene rings is 1. The third kappa shape index (κ3) is 3.77. The highest BCUT2D eigenvalue weighted by Crippen LogP contribution is 2.29. The highest BCUT2D eigenvalue weighted by atomic mass is 15.1. The Kier molecular flexibility index (Phi) is 5.33. The van der Waals surface area contributed by atoms with Gasteiger partial charge >= 0.3 is 0 Å². The van der Waals surface area contributed by atoms with E-state index >= 15 is 0 Å². The van der Waals surface area contributed by atoms with Crippen molar-refractivity contribution in [3.8, 4) is 12.3 Å². The Hall–Kier alpha value is -1.42. The Morgan fingerprint density at radius 1 is 1.05 bits per heavy atom. The van der Waals surface area contributed by atoms with Gasteiger partial charge in [-0.2, -0.15) is 0 Å². The largest absolute Gasteiger partial charge is 0.360 e. The van der Waals surface area contributed by atoms with E-state index in [0.717, 1.165) is 0 Å². The lowest BCUT2D eigenvalue weighted by atomic mass is 9.85. The van der Waals surface area contributed by atoms with Crippen LogP contribution in [-0.4, -0.2) is 13.1 Å². The molecule has 1 aromatic rings. The molecule has 0 bridgehead atoms. The maximum Gasteiger partial charge on any atom is 0.0925 e. The van der Waals surface area contributed by atoms with Crippen LogP contribution in [0, 0.1) is 18.3 Å². The Morgan fingerprint density at radius 3 is 2.21 bits per heavy atom. The first-order valence-corrected chi connectivity index (χ1v) is 7.57. The number of rotatable bonds is 3. The van der Waals surface area contributed by atoms with Crippen LogP contribution in [0.3, 0.4) is 0 Å². The molecule has 0 aliphatic heterocycles. The van der Waals surface area contributed by atoms with Gasteiger partial charge in [0.15, 0.2) is 0 Å². The molecular formula is C18H25N. The molecule has 1 aliphatic carbocycles. The van der Waals surface area contributed by atoms with Gasteiger partial charge in [-0.25, -0.2) is 0 Å². The summed E-state index contributed by atoms with van der Waals surface area (Å²) in [6, 6.07) is 10.7. The second-order valence-electron chi connectivity index (χ2n) is 5.66. The van der Waals surface area contributed by atoms with E-state index in [-0.39, 0.29) is 6.04 Å². The van der Waals surface area contributed by atoms with Gasteiger partial charge in [-0.15, -0.1) is 6.42 Å². The number of hydrogen-bond acceptors (Lipinski definition) is 1. The van der Waals surface area contributed by atoms with Gasteiger partial charge in [-0.05, 0) is 30.9 Å². The summed E-state index contributed by atoms with van der Waals surface area (Å²) in [6.07, 6.45) is 15.2. The van der Waals surface area contributed by atoms with E-state index in [9.17, 15) is 0 Å². The maximum atomic E-state index is 5.84. The van der Waals surface area contributed by atoms with E-state index in [0.29, 0.717) is 5.92 Å². The van der Waals surface area contributed by atoms with Crippen LogP contribution in [0.15, 0.2) is 30.3 Å². The summed E-state index contributed by atoms with van der Waals surface area (Å²) in [6.45, 7) is 0. The molecule has 1 aliphatic rings. The predicted octanol–water partition coefficient (Wildman–Crippen LogP) is 4.49. The van der Waals surface area contributed by atoms with Gasteiger partial charge < -0.3 is 4.90 Å². The van der Waals surface area contributed by atoms with E-state index in [4.69, 9.17) is 6.42 Å². The van der Waals surface area contributed by atoms with Crippen molar-refractivity contribution in [2.75, 3.05) is 11.9 Å². The van der Waals surface area contributed by atoms with Crippen molar-refractivity contribution in [1.82, 2.24) is 0 Å². The molecule has 1 nitrogen and oxygen atoms in total. The summed E-state index contributed by atoms with van der Waals surface area (Å²) >= 11 is 0. The second kappa shape index (κ2) is 7.24. The summed E-state index contributed by atoms with van der Waals surface area (Å²) < 4.78 is 0. The van der Waals surface area contributed by atoms with Gasteiger partial charge in [0.2, 0.25) is 0 Å². The zero-order valence-corrected chi connectivity index (χ0v) is 12.0. The zero-order valence-electron chi connectivity index (χ0n) is 12.0. The standard InChI is InChI=1S/C18H25N/c1-3-18(16-12-8-5-4-6-9-13-16)19(2)17-14-10-7-11-15-17/h1,7,10-11,14-16,18H,4-6,8-9,12-13H2,2H3/t18-/m0/s1. The lowest BCUT2D eigenvalue weighted by Gasteiger charge is -2.33. The van der Waals surface area contributed by atoms with Crippen LogP contribution in [0.5, 0.6) is 0 Å². The molecule has 0 N–H and O–H groups in total. The smallest absolute Gasteiger partial charge is 0.0925 e. The summed E-state index contributed by atoms with van der Waals surface area (Å²) in [7, 11) is 2.14. The number of anilines is 1. The molecule has 0 saturated heterocycles. The average molecular weight is 255 g/mol. The van der Waals surface area contributed by atoms with E-state index < -0.39 is 0 Å². The van der Waals surface area contributed by atoms with Crippen molar-refractivity contribution in [3.05, 3.63) is 30.3 Å². The van der Waals surface area contributed by atoms with Crippen LogP contribution >= 0.6 is 0 Å². The van der Waals surface area contributed by atoms with Crippen LogP contribution in [0.2, 0.25) is 0 Å². The molecule has 0 radical (unpaired) electrons. The Morgan fingerprint density at radius 2 is 1.63 bits per heavy atom. The van der Waals surface area contributed by atoms with E-state index in [2.05, 4.69) is 48.2 Å². The molecule has 0 aromatic heterocycles. The Labute approximate surface area is 118 Å². The van der Waals surface area contributed by atoms with E-state index in [1.807, 2.05) is 0 Å². The first kappa shape index (κ1) is 14.0. The fourth-order valence-electron chi connectivity index (χ4n) is 3.19. The summed E-state index contributed by atoms with van der Waals surface area (Å²) in [4.78, 5) is 2.28. The van der Waals surface area contributed by atoms with Crippen molar-refractivity contribution in [3.63, 3.8) is 0 Å². The monoisotopic (exact) mass is 255 g/mol. The van der Waals surface area contributed by atoms with E-state index in [1.54, 1.807) is 0 Å². The SMILES string of the molecule is C#C[C@@H](C1CCCCCCC1)N(C)c1ccccc1. The van der Waals surface area contributed by atoms with Crippen LogP contribution in [0.1, 0.15) is 44.9 Å². The molecule has 1 heteroatoms. The minimum Gasteiger partial charge on any atom is -0.360 e. The third-order valence-corrected chi connectivity index (χ3v) is 4.35. The molecule has 1 saturated carbocycles. The Balaban J connectivity index is 2.07. The fourth-order valence-corrected chi connectivity index (χ4v) is 3.19. The molecule has 19 heavy (non-hydrogen) atoms. The van der Waals surface area contributed by atoms with Crippen molar-refractivity contribution >= 4 is 5.69 Å². The lowest BCUT2D eigenvalue weighted by molar-refractivity contribution is 0.351.